The lowest BCUT2D eigenvalue weighted by atomic mass is 10.1. The van der Waals surface area contributed by atoms with Crippen LogP contribution in [0.15, 0.2) is 54.6 Å². The molecule has 0 radical (unpaired) electrons. The molecule has 0 bridgehead atoms. The molecule has 0 unspecified atom stereocenters. The fraction of sp³-hybridized carbons (Fsp3) is 0.409. The number of carbonyl (C=O) groups is 1. The van der Waals surface area contributed by atoms with Crippen molar-refractivity contribution in [1.82, 2.24) is 15.1 Å². The van der Waals surface area contributed by atoms with Crippen LogP contribution >= 0.6 is 0 Å². The van der Waals surface area contributed by atoms with Crippen molar-refractivity contribution in [2.75, 3.05) is 46.4 Å². The molecular formula is C22H29N3O2. The molecule has 0 aliphatic carbocycles. The van der Waals surface area contributed by atoms with Gasteiger partial charge in [-0.3, -0.25) is 14.6 Å². The predicted octanol–water partition coefficient (Wildman–Crippen LogP) is 2.17. The molecule has 5 heteroatoms. The minimum Gasteiger partial charge on any atom is -0.496 e. The van der Waals surface area contributed by atoms with Crippen LogP contribution in [0.5, 0.6) is 5.75 Å². The Hall–Kier alpha value is -2.37. The molecule has 1 saturated heterocycles. The van der Waals surface area contributed by atoms with Crippen LogP contribution in [-0.2, 0) is 17.8 Å². The number of amides is 1. The Bertz CT molecular complexity index is 713. The van der Waals surface area contributed by atoms with Gasteiger partial charge in [0.1, 0.15) is 5.75 Å². The Morgan fingerprint density at radius 1 is 0.963 bits per heavy atom. The van der Waals surface area contributed by atoms with E-state index in [0.29, 0.717) is 13.0 Å². The summed E-state index contributed by atoms with van der Waals surface area (Å²) in [5.74, 6) is 0.810. The average Bonchev–Trinajstić information content (AvgIpc) is 2.70. The molecule has 0 atom stereocenters. The number of methoxy groups -OCH3 is 1. The molecule has 5 nitrogen and oxygen atoms in total. The second-order valence-electron chi connectivity index (χ2n) is 6.94. The van der Waals surface area contributed by atoms with Gasteiger partial charge in [0, 0.05) is 51.4 Å². The van der Waals surface area contributed by atoms with Crippen LogP contribution in [-0.4, -0.2) is 62.1 Å². The Kier molecular flexibility index (Phi) is 7.25. The van der Waals surface area contributed by atoms with E-state index in [4.69, 9.17) is 4.74 Å². The van der Waals surface area contributed by atoms with Crippen LogP contribution in [0.25, 0.3) is 0 Å². The summed E-state index contributed by atoms with van der Waals surface area (Å²) in [6.07, 6.45) is 0.356. The van der Waals surface area contributed by atoms with Gasteiger partial charge in [-0.15, -0.1) is 0 Å². The van der Waals surface area contributed by atoms with E-state index in [1.807, 2.05) is 24.3 Å². The van der Waals surface area contributed by atoms with Gasteiger partial charge in [-0.25, -0.2) is 0 Å². The number of para-hydroxylation sites is 1. The second kappa shape index (κ2) is 10.1. The molecule has 2 aromatic rings. The van der Waals surface area contributed by atoms with E-state index in [1.54, 1.807) is 7.11 Å². The lowest BCUT2D eigenvalue weighted by Crippen LogP contribution is -2.48. The van der Waals surface area contributed by atoms with Crippen molar-refractivity contribution in [2.24, 2.45) is 0 Å². The molecule has 1 fully saturated rings. The third-order valence-electron chi connectivity index (χ3n) is 5.01. The molecule has 1 heterocycles. The second-order valence-corrected chi connectivity index (χ2v) is 6.94. The summed E-state index contributed by atoms with van der Waals surface area (Å²) in [5.41, 5.74) is 2.29. The first-order chi connectivity index (χ1) is 13.2. The van der Waals surface area contributed by atoms with Gasteiger partial charge in [0.15, 0.2) is 0 Å². The summed E-state index contributed by atoms with van der Waals surface area (Å²) in [4.78, 5) is 17.1. The summed E-state index contributed by atoms with van der Waals surface area (Å²) >= 11 is 0. The maximum atomic E-state index is 12.2. The smallest absolute Gasteiger partial charge is 0.224 e. The van der Waals surface area contributed by atoms with Crippen molar-refractivity contribution in [3.63, 3.8) is 0 Å². The summed E-state index contributed by atoms with van der Waals surface area (Å²) in [5, 5.41) is 3.03. The van der Waals surface area contributed by atoms with E-state index in [0.717, 1.165) is 50.6 Å². The minimum atomic E-state index is 0.0437. The number of hydrogen-bond donors (Lipinski definition) is 1. The number of nitrogens with zero attached hydrogens (tertiary/aromatic N) is 2. The van der Waals surface area contributed by atoms with E-state index in [9.17, 15) is 4.79 Å². The molecule has 0 aromatic heterocycles. The molecule has 2 aromatic carbocycles. The van der Waals surface area contributed by atoms with Crippen molar-refractivity contribution in [3.05, 3.63) is 65.7 Å². The molecule has 0 saturated carbocycles. The SMILES string of the molecule is COc1ccccc1CC(=O)NCCN1CCN(Cc2ccccc2)CC1. The predicted molar refractivity (Wildman–Crippen MR) is 108 cm³/mol. The zero-order valence-corrected chi connectivity index (χ0v) is 16.1. The summed E-state index contributed by atoms with van der Waals surface area (Å²) < 4.78 is 5.31. The van der Waals surface area contributed by atoms with Crippen LogP contribution in [0.2, 0.25) is 0 Å². The number of hydrogen-bond acceptors (Lipinski definition) is 4. The number of benzene rings is 2. The molecule has 3 rings (SSSR count). The summed E-state index contributed by atoms with van der Waals surface area (Å²) in [6, 6.07) is 18.3. The highest BCUT2D eigenvalue weighted by Crippen LogP contribution is 2.17. The topological polar surface area (TPSA) is 44.8 Å². The van der Waals surface area contributed by atoms with Gasteiger partial charge >= 0.3 is 0 Å². The van der Waals surface area contributed by atoms with Crippen LogP contribution < -0.4 is 10.1 Å². The zero-order chi connectivity index (χ0) is 18.9. The van der Waals surface area contributed by atoms with Gasteiger partial charge in [-0.1, -0.05) is 48.5 Å². The standard InChI is InChI=1S/C22H29N3O2/c1-27-21-10-6-5-9-20(21)17-22(26)23-11-12-24-13-15-25(16-14-24)18-19-7-3-2-4-8-19/h2-10H,11-18H2,1H3,(H,23,26). The highest BCUT2D eigenvalue weighted by molar-refractivity contribution is 5.79. The van der Waals surface area contributed by atoms with Crippen LogP contribution in [0.1, 0.15) is 11.1 Å². The van der Waals surface area contributed by atoms with Gasteiger partial charge in [0.05, 0.1) is 13.5 Å². The number of nitrogens with one attached hydrogen (secondary N) is 1. The van der Waals surface area contributed by atoms with Crippen molar-refractivity contribution >= 4 is 5.91 Å². The minimum absolute atomic E-state index is 0.0437. The Balaban J connectivity index is 1.33. The quantitative estimate of drug-likeness (QED) is 0.777. The van der Waals surface area contributed by atoms with Crippen molar-refractivity contribution in [1.29, 1.82) is 0 Å². The van der Waals surface area contributed by atoms with Crippen molar-refractivity contribution < 1.29 is 9.53 Å². The van der Waals surface area contributed by atoms with Crippen LogP contribution in [0.3, 0.4) is 0 Å². The van der Waals surface area contributed by atoms with Crippen molar-refractivity contribution in [2.45, 2.75) is 13.0 Å². The van der Waals surface area contributed by atoms with E-state index in [-0.39, 0.29) is 5.91 Å². The Labute approximate surface area is 161 Å². The summed E-state index contributed by atoms with van der Waals surface area (Å²) in [7, 11) is 1.63. The van der Waals surface area contributed by atoms with E-state index >= 15 is 0 Å². The largest absolute Gasteiger partial charge is 0.496 e. The van der Waals surface area contributed by atoms with Crippen molar-refractivity contribution in [3.8, 4) is 5.75 Å². The van der Waals surface area contributed by atoms with Crippen LogP contribution in [0.4, 0.5) is 0 Å². The molecule has 1 N–H and O–H groups in total. The summed E-state index contributed by atoms with van der Waals surface area (Å²) in [6.45, 7) is 6.85. The lowest BCUT2D eigenvalue weighted by molar-refractivity contribution is -0.120. The Morgan fingerprint density at radius 2 is 1.63 bits per heavy atom. The zero-order valence-electron chi connectivity index (χ0n) is 16.1. The fourth-order valence-electron chi connectivity index (χ4n) is 3.45. The molecule has 144 valence electrons. The molecule has 27 heavy (non-hydrogen) atoms. The van der Waals surface area contributed by atoms with Gasteiger partial charge in [-0.2, -0.15) is 0 Å². The maximum Gasteiger partial charge on any atom is 0.224 e. The Morgan fingerprint density at radius 3 is 2.37 bits per heavy atom. The average molecular weight is 367 g/mol. The number of carbonyl (C=O) groups excluding carboxylic acids is 1. The first-order valence-electron chi connectivity index (χ1n) is 9.62. The number of rotatable bonds is 8. The van der Waals surface area contributed by atoms with Gasteiger partial charge in [0.25, 0.3) is 0 Å². The van der Waals surface area contributed by atoms with E-state index in [1.165, 1.54) is 5.56 Å². The first kappa shape index (κ1) is 19.4. The third kappa shape index (κ3) is 6.08. The molecule has 1 aliphatic heterocycles. The highest BCUT2D eigenvalue weighted by Gasteiger charge is 2.17. The maximum absolute atomic E-state index is 12.2. The third-order valence-corrected chi connectivity index (χ3v) is 5.01. The monoisotopic (exact) mass is 367 g/mol. The van der Waals surface area contributed by atoms with E-state index < -0.39 is 0 Å². The van der Waals surface area contributed by atoms with E-state index in [2.05, 4.69) is 45.4 Å². The van der Waals surface area contributed by atoms with Crippen LogP contribution in [0, 0.1) is 0 Å². The number of piperazine rings is 1. The number of ether oxygens (including phenoxy) is 1. The van der Waals surface area contributed by atoms with Gasteiger partial charge < -0.3 is 10.1 Å². The molecule has 0 spiro atoms. The lowest BCUT2D eigenvalue weighted by Gasteiger charge is -2.34. The molecule has 1 aliphatic rings. The first-order valence-corrected chi connectivity index (χ1v) is 9.62. The fourth-order valence-corrected chi connectivity index (χ4v) is 3.45. The highest BCUT2D eigenvalue weighted by atomic mass is 16.5. The molecular weight excluding hydrogens is 338 g/mol. The normalized spacial score (nSPS) is 15.4. The van der Waals surface area contributed by atoms with Gasteiger partial charge in [0.2, 0.25) is 5.91 Å². The van der Waals surface area contributed by atoms with Gasteiger partial charge in [-0.05, 0) is 11.6 Å². The molecule has 1 amide bonds.